The molecule has 11 heavy (non-hydrogen) atoms. The SMILES string of the molecule is O=C1CCCC(=O)OCCO1. The molecular weight excluding hydrogens is 148 g/mol. The van der Waals surface area contributed by atoms with Gasteiger partial charge in [0, 0.05) is 12.8 Å². The normalized spacial score (nSPS) is 20.7. The van der Waals surface area contributed by atoms with E-state index in [-0.39, 0.29) is 25.2 Å². The van der Waals surface area contributed by atoms with Gasteiger partial charge in [-0.1, -0.05) is 0 Å². The van der Waals surface area contributed by atoms with Crippen LogP contribution in [0.3, 0.4) is 0 Å². The molecule has 1 fully saturated rings. The Labute approximate surface area is 64.5 Å². The molecule has 0 atom stereocenters. The van der Waals surface area contributed by atoms with Crippen LogP contribution in [0, 0.1) is 0 Å². The van der Waals surface area contributed by atoms with Crippen LogP contribution in [0.2, 0.25) is 0 Å². The summed E-state index contributed by atoms with van der Waals surface area (Å²) in [5.74, 6) is -0.494. The van der Waals surface area contributed by atoms with E-state index in [1.807, 2.05) is 0 Å². The number of hydrogen-bond donors (Lipinski definition) is 0. The zero-order chi connectivity index (χ0) is 8.10. The monoisotopic (exact) mass is 158 g/mol. The lowest BCUT2D eigenvalue weighted by atomic mass is 10.2. The Morgan fingerprint density at radius 2 is 1.36 bits per heavy atom. The molecule has 0 aliphatic carbocycles. The highest BCUT2D eigenvalue weighted by atomic mass is 16.6. The Morgan fingerprint density at radius 3 is 1.82 bits per heavy atom. The number of carbonyl (C=O) groups excluding carboxylic acids is 2. The third kappa shape index (κ3) is 3.02. The highest BCUT2D eigenvalue weighted by molar-refractivity contribution is 5.73. The maximum absolute atomic E-state index is 10.7. The molecule has 0 saturated carbocycles. The van der Waals surface area contributed by atoms with Crippen molar-refractivity contribution in [2.45, 2.75) is 19.3 Å². The van der Waals surface area contributed by atoms with Gasteiger partial charge in [0.1, 0.15) is 13.2 Å². The van der Waals surface area contributed by atoms with Crippen molar-refractivity contribution in [2.24, 2.45) is 0 Å². The minimum atomic E-state index is -0.247. The summed E-state index contributed by atoms with van der Waals surface area (Å²) in [6.45, 7) is 0.370. The van der Waals surface area contributed by atoms with Gasteiger partial charge in [-0.2, -0.15) is 0 Å². The maximum atomic E-state index is 10.7. The number of rotatable bonds is 0. The number of cyclic esters (lactones) is 2. The van der Waals surface area contributed by atoms with Gasteiger partial charge >= 0.3 is 11.9 Å². The third-order valence-electron chi connectivity index (χ3n) is 1.37. The highest BCUT2D eigenvalue weighted by Crippen LogP contribution is 2.02. The van der Waals surface area contributed by atoms with Crippen LogP contribution in [0.1, 0.15) is 19.3 Å². The number of ether oxygens (including phenoxy) is 2. The third-order valence-corrected chi connectivity index (χ3v) is 1.37. The van der Waals surface area contributed by atoms with Gasteiger partial charge in [0.05, 0.1) is 0 Å². The molecule has 1 aliphatic rings. The van der Waals surface area contributed by atoms with Gasteiger partial charge < -0.3 is 9.47 Å². The molecule has 1 heterocycles. The summed E-state index contributed by atoms with van der Waals surface area (Å²) in [6, 6.07) is 0. The van der Waals surface area contributed by atoms with E-state index in [9.17, 15) is 9.59 Å². The molecule has 1 rings (SSSR count). The molecule has 0 spiro atoms. The molecule has 0 unspecified atom stereocenters. The van der Waals surface area contributed by atoms with Crippen molar-refractivity contribution in [2.75, 3.05) is 13.2 Å². The van der Waals surface area contributed by atoms with Gasteiger partial charge in [0.15, 0.2) is 0 Å². The van der Waals surface area contributed by atoms with Crippen molar-refractivity contribution < 1.29 is 19.1 Å². The predicted molar refractivity (Wildman–Crippen MR) is 35.8 cm³/mol. The molecule has 62 valence electrons. The number of hydrogen-bond acceptors (Lipinski definition) is 4. The summed E-state index contributed by atoms with van der Waals surface area (Å²) in [6.07, 6.45) is 1.15. The lowest BCUT2D eigenvalue weighted by molar-refractivity contribution is -0.149. The molecular formula is C7H10O4. The Kier molecular flexibility index (Phi) is 2.89. The second-order valence-corrected chi connectivity index (χ2v) is 2.29. The lowest BCUT2D eigenvalue weighted by Gasteiger charge is -2.00. The molecule has 0 aromatic rings. The molecule has 0 aromatic heterocycles. The zero-order valence-electron chi connectivity index (χ0n) is 6.17. The summed E-state index contributed by atoms with van der Waals surface area (Å²) in [5, 5.41) is 0. The highest BCUT2D eigenvalue weighted by Gasteiger charge is 2.10. The molecule has 4 heteroatoms. The van der Waals surface area contributed by atoms with Gasteiger partial charge in [0.25, 0.3) is 0 Å². The first-order valence-corrected chi connectivity index (χ1v) is 3.60. The zero-order valence-corrected chi connectivity index (χ0v) is 6.17. The van der Waals surface area contributed by atoms with E-state index in [0.29, 0.717) is 19.3 Å². The maximum Gasteiger partial charge on any atom is 0.305 e. The number of esters is 2. The fourth-order valence-corrected chi connectivity index (χ4v) is 0.832. The summed E-state index contributed by atoms with van der Waals surface area (Å²) in [7, 11) is 0. The minimum absolute atomic E-state index is 0.185. The smallest absolute Gasteiger partial charge is 0.305 e. The Morgan fingerprint density at radius 1 is 0.909 bits per heavy atom. The van der Waals surface area contributed by atoms with Crippen molar-refractivity contribution in [3.63, 3.8) is 0 Å². The Balaban J connectivity index is 2.35. The summed E-state index contributed by atoms with van der Waals surface area (Å²) >= 11 is 0. The number of carbonyl (C=O) groups is 2. The second kappa shape index (κ2) is 3.95. The molecule has 0 aromatic carbocycles. The largest absolute Gasteiger partial charge is 0.462 e. The van der Waals surface area contributed by atoms with E-state index >= 15 is 0 Å². The Hall–Kier alpha value is -1.06. The van der Waals surface area contributed by atoms with Crippen molar-refractivity contribution in [3.05, 3.63) is 0 Å². The first kappa shape index (κ1) is 8.04. The minimum Gasteiger partial charge on any atom is -0.462 e. The van der Waals surface area contributed by atoms with Crippen LogP contribution in [0.15, 0.2) is 0 Å². The van der Waals surface area contributed by atoms with Crippen LogP contribution in [-0.2, 0) is 19.1 Å². The summed E-state index contributed by atoms with van der Waals surface area (Å²) < 4.78 is 9.39. The van der Waals surface area contributed by atoms with Crippen LogP contribution in [-0.4, -0.2) is 25.2 Å². The molecule has 1 aliphatic heterocycles. The topological polar surface area (TPSA) is 52.6 Å². The van der Waals surface area contributed by atoms with Gasteiger partial charge in [-0.25, -0.2) is 0 Å². The standard InChI is InChI=1S/C7H10O4/c8-6-2-1-3-7(9)11-5-4-10-6/h1-5H2. The van der Waals surface area contributed by atoms with Crippen molar-refractivity contribution in [1.82, 2.24) is 0 Å². The summed E-state index contributed by atoms with van der Waals surface area (Å²) in [4.78, 5) is 21.4. The molecule has 0 amide bonds. The quantitative estimate of drug-likeness (QED) is 0.474. The first-order valence-electron chi connectivity index (χ1n) is 3.60. The van der Waals surface area contributed by atoms with Gasteiger partial charge in [-0.15, -0.1) is 0 Å². The van der Waals surface area contributed by atoms with Crippen LogP contribution in [0.5, 0.6) is 0 Å². The van der Waals surface area contributed by atoms with E-state index in [2.05, 4.69) is 0 Å². The molecule has 0 bridgehead atoms. The fourth-order valence-electron chi connectivity index (χ4n) is 0.832. The molecule has 4 nitrogen and oxygen atoms in total. The average Bonchev–Trinajstić information content (AvgIpc) is 2.04. The fraction of sp³-hybridized carbons (Fsp3) is 0.714. The van der Waals surface area contributed by atoms with Crippen LogP contribution in [0.4, 0.5) is 0 Å². The van der Waals surface area contributed by atoms with Gasteiger partial charge in [0.2, 0.25) is 0 Å². The van der Waals surface area contributed by atoms with Gasteiger partial charge in [-0.05, 0) is 6.42 Å². The van der Waals surface area contributed by atoms with E-state index in [4.69, 9.17) is 9.47 Å². The second-order valence-electron chi connectivity index (χ2n) is 2.29. The predicted octanol–water partition coefficient (Wildman–Crippen LogP) is 0.257. The average molecular weight is 158 g/mol. The van der Waals surface area contributed by atoms with Crippen molar-refractivity contribution in [1.29, 1.82) is 0 Å². The van der Waals surface area contributed by atoms with Crippen molar-refractivity contribution >= 4 is 11.9 Å². The van der Waals surface area contributed by atoms with E-state index in [1.54, 1.807) is 0 Å². The van der Waals surface area contributed by atoms with E-state index < -0.39 is 0 Å². The molecule has 0 N–H and O–H groups in total. The van der Waals surface area contributed by atoms with Crippen LogP contribution < -0.4 is 0 Å². The molecule has 1 saturated heterocycles. The van der Waals surface area contributed by atoms with Crippen molar-refractivity contribution in [3.8, 4) is 0 Å². The first-order chi connectivity index (χ1) is 5.29. The molecule has 0 radical (unpaired) electrons. The van der Waals surface area contributed by atoms with Crippen LogP contribution >= 0.6 is 0 Å². The van der Waals surface area contributed by atoms with E-state index in [1.165, 1.54) is 0 Å². The van der Waals surface area contributed by atoms with E-state index in [0.717, 1.165) is 0 Å². The van der Waals surface area contributed by atoms with Gasteiger partial charge in [-0.3, -0.25) is 9.59 Å². The summed E-state index contributed by atoms with van der Waals surface area (Å²) in [5.41, 5.74) is 0. The van der Waals surface area contributed by atoms with Crippen LogP contribution in [0.25, 0.3) is 0 Å². The lowest BCUT2D eigenvalue weighted by Crippen LogP contribution is -2.09. The Bertz CT molecular complexity index is 146.